The van der Waals surface area contributed by atoms with Gasteiger partial charge in [0.1, 0.15) is 0 Å². The van der Waals surface area contributed by atoms with Crippen LogP contribution in [0.1, 0.15) is 31.0 Å². The fourth-order valence-electron chi connectivity index (χ4n) is 1.62. The number of nitrogens with one attached hydrogen (secondary N) is 1. The summed E-state index contributed by atoms with van der Waals surface area (Å²) in [6, 6.07) is 7.82. The first-order valence-electron chi connectivity index (χ1n) is 5.33. The normalized spacial score (nSPS) is 14.2. The molecule has 4 heteroatoms. The molecule has 2 atom stereocenters. The molecule has 1 rings (SSSR count). The Morgan fingerprint density at radius 1 is 1.50 bits per heavy atom. The van der Waals surface area contributed by atoms with Gasteiger partial charge in [-0.15, -0.1) is 0 Å². The molecule has 16 heavy (non-hydrogen) atoms. The monoisotopic (exact) mass is 222 g/mol. The quantitative estimate of drug-likeness (QED) is 0.728. The van der Waals surface area contributed by atoms with Gasteiger partial charge in [0.25, 0.3) is 0 Å². The number of rotatable bonds is 4. The highest BCUT2D eigenvalue weighted by Gasteiger charge is 2.07. The summed E-state index contributed by atoms with van der Waals surface area (Å²) in [5.74, 6) is 0. The third kappa shape index (κ3) is 3.90. The zero-order valence-corrected chi connectivity index (χ0v) is 9.60. The Labute approximate surface area is 95.5 Å². The third-order valence-corrected chi connectivity index (χ3v) is 2.39. The lowest BCUT2D eigenvalue weighted by molar-refractivity contribution is 0.190. The first kappa shape index (κ1) is 12.5. The number of nitrogens with two attached hydrogens (primary N) is 1. The molecule has 0 aromatic heterocycles. The number of amides is 1. The Morgan fingerprint density at radius 3 is 2.75 bits per heavy atom. The van der Waals surface area contributed by atoms with E-state index in [4.69, 9.17) is 10.8 Å². The molecule has 0 radical (unpaired) electrons. The molecule has 0 saturated carbocycles. The Hall–Kier alpha value is -1.55. The Balaban J connectivity index is 2.66. The van der Waals surface area contributed by atoms with Gasteiger partial charge < -0.3 is 16.2 Å². The minimum Gasteiger partial charge on any atom is -0.465 e. The summed E-state index contributed by atoms with van der Waals surface area (Å²) >= 11 is 0. The highest BCUT2D eigenvalue weighted by atomic mass is 16.4. The molecule has 0 bridgehead atoms. The summed E-state index contributed by atoms with van der Waals surface area (Å²) in [6.07, 6.45) is -0.316. The van der Waals surface area contributed by atoms with Crippen LogP contribution in [0.15, 0.2) is 24.3 Å². The van der Waals surface area contributed by atoms with Crippen molar-refractivity contribution in [3.63, 3.8) is 0 Å². The van der Waals surface area contributed by atoms with Gasteiger partial charge in [0.2, 0.25) is 0 Å². The summed E-state index contributed by atoms with van der Waals surface area (Å²) in [4.78, 5) is 10.4. The van der Waals surface area contributed by atoms with E-state index in [0.717, 1.165) is 11.1 Å². The second kappa shape index (κ2) is 5.51. The van der Waals surface area contributed by atoms with Gasteiger partial charge in [0.15, 0.2) is 0 Å². The molecule has 0 aliphatic heterocycles. The van der Waals surface area contributed by atoms with E-state index in [0.29, 0.717) is 6.42 Å². The average molecular weight is 222 g/mol. The topological polar surface area (TPSA) is 75.3 Å². The summed E-state index contributed by atoms with van der Waals surface area (Å²) in [5, 5.41) is 11.0. The maximum absolute atomic E-state index is 10.4. The van der Waals surface area contributed by atoms with Crippen LogP contribution in [-0.2, 0) is 6.42 Å². The first-order valence-corrected chi connectivity index (χ1v) is 5.33. The summed E-state index contributed by atoms with van der Waals surface area (Å²) in [7, 11) is 0. The maximum atomic E-state index is 10.4. The molecule has 0 saturated heterocycles. The van der Waals surface area contributed by atoms with Crippen LogP contribution in [0.25, 0.3) is 0 Å². The van der Waals surface area contributed by atoms with Crippen molar-refractivity contribution in [1.82, 2.24) is 5.32 Å². The number of carboxylic acid groups (broad SMARTS) is 1. The molecule has 1 amide bonds. The Bertz CT molecular complexity index is 364. The molecule has 1 aromatic rings. The molecule has 0 unspecified atom stereocenters. The predicted molar refractivity (Wildman–Crippen MR) is 63.4 cm³/mol. The van der Waals surface area contributed by atoms with Crippen molar-refractivity contribution >= 4 is 6.09 Å². The van der Waals surface area contributed by atoms with E-state index in [2.05, 4.69) is 5.32 Å². The molecule has 4 nitrogen and oxygen atoms in total. The molecular weight excluding hydrogens is 204 g/mol. The summed E-state index contributed by atoms with van der Waals surface area (Å²) < 4.78 is 0. The number of hydrogen-bond acceptors (Lipinski definition) is 2. The van der Waals surface area contributed by atoms with Crippen LogP contribution >= 0.6 is 0 Å². The fraction of sp³-hybridized carbons (Fsp3) is 0.417. The van der Waals surface area contributed by atoms with Crippen molar-refractivity contribution in [2.75, 3.05) is 0 Å². The van der Waals surface area contributed by atoms with Crippen LogP contribution in [0.3, 0.4) is 0 Å². The van der Waals surface area contributed by atoms with E-state index >= 15 is 0 Å². The zero-order valence-electron chi connectivity index (χ0n) is 9.60. The fourth-order valence-corrected chi connectivity index (χ4v) is 1.62. The van der Waals surface area contributed by atoms with Crippen LogP contribution < -0.4 is 11.1 Å². The standard InChI is InChI=1S/C12H18N2O2/c1-8(14-12(15)16)6-10-4-3-5-11(7-10)9(2)13/h3-5,7-9,14H,6,13H2,1-2H3,(H,15,16)/t8-,9-/m0/s1. The van der Waals surface area contributed by atoms with Gasteiger partial charge in [0, 0.05) is 12.1 Å². The first-order chi connectivity index (χ1) is 7.49. The molecule has 1 aromatic carbocycles. The van der Waals surface area contributed by atoms with Crippen molar-refractivity contribution in [3.8, 4) is 0 Å². The van der Waals surface area contributed by atoms with Gasteiger partial charge in [-0.3, -0.25) is 0 Å². The summed E-state index contributed by atoms with van der Waals surface area (Å²) in [6.45, 7) is 3.77. The molecule has 88 valence electrons. The maximum Gasteiger partial charge on any atom is 0.404 e. The summed E-state index contributed by atoms with van der Waals surface area (Å²) in [5.41, 5.74) is 7.95. The highest BCUT2D eigenvalue weighted by molar-refractivity contribution is 5.64. The lowest BCUT2D eigenvalue weighted by Gasteiger charge is -2.13. The lowest BCUT2D eigenvalue weighted by Crippen LogP contribution is -2.32. The SMILES string of the molecule is C[C@H](N)c1cccc(C[C@H](C)NC(=O)O)c1. The minimum atomic E-state index is -0.990. The second-order valence-corrected chi connectivity index (χ2v) is 4.09. The van der Waals surface area contributed by atoms with E-state index in [1.807, 2.05) is 38.1 Å². The van der Waals surface area contributed by atoms with Crippen LogP contribution in [-0.4, -0.2) is 17.2 Å². The average Bonchev–Trinajstić information content (AvgIpc) is 2.16. The molecule has 0 heterocycles. The van der Waals surface area contributed by atoms with Crippen molar-refractivity contribution in [3.05, 3.63) is 35.4 Å². The van der Waals surface area contributed by atoms with Crippen LogP contribution in [0.2, 0.25) is 0 Å². The van der Waals surface area contributed by atoms with Crippen molar-refractivity contribution in [2.24, 2.45) is 5.73 Å². The Morgan fingerprint density at radius 2 is 2.19 bits per heavy atom. The molecule has 4 N–H and O–H groups in total. The van der Waals surface area contributed by atoms with Crippen LogP contribution in [0.4, 0.5) is 4.79 Å². The lowest BCUT2D eigenvalue weighted by atomic mass is 10.0. The third-order valence-electron chi connectivity index (χ3n) is 2.39. The van der Waals surface area contributed by atoms with E-state index in [1.165, 1.54) is 0 Å². The molecule has 0 fully saturated rings. The van der Waals surface area contributed by atoms with Crippen LogP contribution in [0, 0.1) is 0 Å². The number of hydrogen-bond donors (Lipinski definition) is 3. The molecular formula is C12H18N2O2. The van der Waals surface area contributed by atoms with E-state index in [-0.39, 0.29) is 12.1 Å². The highest BCUT2D eigenvalue weighted by Crippen LogP contribution is 2.13. The second-order valence-electron chi connectivity index (χ2n) is 4.09. The number of carbonyl (C=O) groups is 1. The largest absolute Gasteiger partial charge is 0.465 e. The van der Waals surface area contributed by atoms with E-state index < -0.39 is 6.09 Å². The van der Waals surface area contributed by atoms with Crippen LogP contribution in [0.5, 0.6) is 0 Å². The zero-order chi connectivity index (χ0) is 12.1. The van der Waals surface area contributed by atoms with Crippen molar-refractivity contribution < 1.29 is 9.90 Å². The van der Waals surface area contributed by atoms with Crippen molar-refractivity contribution in [2.45, 2.75) is 32.4 Å². The van der Waals surface area contributed by atoms with Gasteiger partial charge in [-0.2, -0.15) is 0 Å². The smallest absolute Gasteiger partial charge is 0.404 e. The Kier molecular flexibility index (Phi) is 4.31. The van der Waals surface area contributed by atoms with E-state index in [1.54, 1.807) is 0 Å². The number of benzene rings is 1. The van der Waals surface area contributed by atoms with E-state index in [9.17, 15) is 4.79 Å². The molecule has 0 aliphatic rings. The van der Waals surface area contributed by atoms with Crippen molar-refractivity contribution in [1.29, 1.82) is 0 Å². The van der Waals surface area contributed by atoms with Gasteiger partial charge >= 0.3 is 6.09 Å². The molecule has 0 spiro atoms. The van der Waals surface area contributed by atoms with Gasteiger partial charge in [-0.25, -0.2) is 4.79 Å². The predicted octanol–water partition coefficient (Wildman–Crippen LogP) is 1.90. The minimum absolute atomic E-state index is 0.00249. The van der Waals surface area contributed by atoms with Gasteiger partial charge in [-0.1, -0.05) is 24.3 Å². The molecule has 0 aliphatic carbocycles. The van der Waals surface area contributed by atoms with Gasteiger partial charge in [-0.05, 0) is 31.4 Å². The van der Waals surface area contributed by atoms with Gasteiger partial charge in [0.05, 0.1) is 0 Å².